The van der Waals surface area contributed by atoms with Crippen LogP contribution in [0.2, 0.25) is 13.1 Å². The van der Waals surface area contributed by atoms with E-state index < -0.39 is 8.32 Å². The fourth-order valence-corrected chi connectivity index (χ4v) is 1.14. The summed E-state index contributed by atoms with van der Waals surface area (Å²) in [5.41, 5.74) is 2.00. The van der Waals surface area contributed by atoms with Crippen LogP contribution in [0.5, 0.6) is 0 Å². The van der Waals surface area contributed by atoms with Gasteiger partial charge in [0.25, 0.3) is 0 Å². The third kappa shape index (κ3) is 7.83. The lowest BCUT2D eigenvalue weighted by atomic mass is 9.98. The summed E-state index contributed by atoms with van der Waals surface area (Å²) in [6.45, 7) is 14.8. The summed E-state index contributed by atoms with van der Waals surface area (Å²) in [5.74, 6) is 6.16. The van der Waals surface area contributed by atoms with Crippen molar-refractivity contribution in [2.75, 3.05) is 6.61 Å². The third-order valence-corrected chi connectivity index (χ3v) is 3.34. The predicted octanol–water partition coefficient (Wildman–Crippen LogP) is 2.98. The highest BCUT2D eigenvalue weighted by molar-refractivity contribution is 6.76. The van der Waals surface area contributed by atoms with Gasteiger partial charge in [0.15, 0.2) is 0 Å². The molecule has 0 saturated carbocycles. The molecule has 0 spiro atoms. The molecule has 13 heavy (non-hydrogen) atoms. The van der Waals surface area contributed by atoms with Crippen molar-refractivity contribution in [2.24, 2.45) is 5.41 Å². The summed E-state index contributed by atoms with van der Waals surface area (Å²) in [6.07, 6.45) is 0. The van der Waals surface area contributed by atoms with Gasteiger partial charge in [-0.1, -0.05) is 17.5 Å². The quantitative estimate of drug-likeness (QED) is 0.498. The van der Waals surface area contributed by atoms with Crippen LogP contribution in [0.3, 0.4) is 0 Å². The van der Waals surface area contributed by atoms with Crippen LogP contribution in [-0.4, -0.2) is 14.9 Å². The molecule has 1 nitrogen and oxygen atoms in total. The second kappa shape index (κ2) is 4.64. The lowest BCUT2D eigenvalue weighted by molar-refractivity contribution is 0.368. The van der Waals surface area contributed by atoms with Crippen molar-refractivity contribution in [3.63, 3.8) is 0 Å². The Hall–Kier alpha value is -0.523. The molecule has 0 aromatic rings. The molecule has 2 heteroatoms. The Kier molecular flexibility index (Phi) is 4.45. The largest absolute Gasteiger partial charge is 0.403 e. The van der Waals surface area contributed by atoms with Crippen molar-refractivity contribution in [3.05, 3.63) is 12.3 Å². The van der Waals surface area contributed by atoms with Crippen LogP contribution in [0.1, 0.15) is 20.8 Å². The van der Waals surface area contributed by atoms with Crippen LogP contribution in [0.25, 0.3) is 0 Å². The smallest absolute Gasteiger partial charge is 0.211 e. The van der Waals surface area contributed by atoms with E-state index in [9.17, 15) is 0 Å². The molecule has 0 aromatic heterocycles. The molecule has 0 aromatic carbocycles. The van der Waals surface area contributed by atoms with Crippen molar-refractivity contribution in [1.29, 1.82) is 0 Å². The summed E-state index contributed by atoms with van der Waals surface area (Å²) in [4.78, 5) is 0. The van der Waals surface area contributed by atoms with E-state index >= 15 is 0 Å². The summed E-state index contributed by atoms with van der Waals surface area (Å²) < 4.78 is 5.62. The molecule has 0 aliphatic heterocycles. The Labute approximate surface area is 83.3 Å². The Bertz CT molecular complexity index is 225. The van der Waals surface area contributed by atoms with Crippen molar-refractivity contribution in [3.8, 4) is 11.8 Å². The highest BCUT2D eigenvalue weighted by Crippen LogP contribution is 2.10. The molecule has 0 N–H and O–H groups in total. The molecule has 0 aliphatic rings. The minimum atomic E-state index is -1.61. The maximum Gasteiger partial charge on any atom is 0.211 e. The summed E-state index contributed by atoms with van der Waals surface area (Å²) in [7, 11) is -1.61. The average Bonchev–Trinajstić information content (AvgIpc) is 1.97. The van der Waals surface area contributed by atoms with Crippen LogP contribution in [0, 0.1) is 17.3 Å². The summed E-state index contributed by atoms with van der Waals surface area (Å²) in [5, 5.41) is 0. The van der Waals surface area contributed by atoms with Gasteiger partial charge in [-0.15, -0.1) is 6.58 Å². The first-order chi connectivity index (χ1) is 5.77. The zero-order chi connectivity index (χ0) is 10.5. The highest BCUT2D eigenvalue weighted by atomic mass is 28.4. The predicted molar refractivity (Wildman–Crippen MR) is 60.9 cm³/mol. The monoisotopic (exact) mass is 196 g/mol. The SMILES string of the molecule is C=C[Si](C)(C)OCC#CC(C)(C)C. The van der Waals surface area contributed by atoms with E-state index in [1.165, 1.54) is 0 Å². The van der Waals surface area contributed by atoms with Gasteiger partial charge < -0.3 is 4.43 Å². The molecule has 0 fully saturated rings. The van der Waals surface area contributed by atoms with Gasteiger partial charge in [0, 0.05) is 5.41 Å². The van der Waals surface area contributed by atoms with Crippen LogP contribution >= 0.6 is 0 Å². The second-order valence-electron chi connectivity index (χ2n) is 4.65. The third-order valence-electron chi connectivity index (χ3n) is 1.47. The molecule has 0 unspecified atom stereocenters. The van der Waals surface area contributed by atoms with Gasteiger partial charge in [0.05, 0.1) is 6.61 Å². The van der Waals surface area contributed by atoms with Crippen molar-refractivity contribution < 1.29 is 4.43 Å². The van der Waals surface area contributed by atoms with E-state index in [0.29, 0.717) is 6.61 Å². The lowest BCUT2D eigenvalue weighted by Crippen LogP contribution is -2.27. The lowest BCUT2D eigenvalue weighted by Gasteiger charge is -2.15. The Morgan fingerprint density at radius 1 is 1.38 bits per heavy atom. The molecule has 0 saturated heterocycles. The maximum atomic E-state index is 5.62. The van der Waals surface area contributed by atoms with E-state index in [0.717, 1.165) is 0 Å². The Balaban J connectivity index is 3.91. The van der Waals surface area contributed by atoms with E-state index in [-0.39, 0.29) is 5.41 Å². The van der Waals surface area contributed by atoms with E-state index in [2.05, 4.69) is 52.3 Å². The molecule has 74 valence electrons. The molecule has 0 aliphatic carbocycles. The van der Waals surface area contributed by atoms with Gasteiger partial charge in [-0.25, -0.2) is 0 Å². The second-order valence-corrected chi connectivity index (χ2v) is 8.55. The molecule has 0 amide bonds. The summed E-state index contributed by atoms with van der Waals surface area (Å²) in [6, 6.07) is 0. The number of hydrogen-bond donors (Lipinski definition) is 0. The number of hydrogen-bond acceptors (Lipinski definition) is 1. The van der Waals surface area contributed by atoms with E-state index in [4.69, 9.17) is 4.43 Å². The van der Waals surface area contributed by atoms with Crippen LogP contribution in [0.15, 0.2) is 12.3 Å². The van der Waals surface area contributed by atoms with Crippen molar-refractivity contribution >= 4 is 8.32 Å². The van der Waals surface area contributed by atoms with Gasteiger partial charge in [-0.3, -0.25) is 0 Å². The van der Waals surface area contributed by atoms with Crippen molar-refractivity contribution in [1.82, 2.24) is 0 Å². The normalized spacial score (nSPS) is 11.8. The van der Waals surface area contributed by atoms with Gasteiger partial charge in [0.1, 0.15) is 0 Å². The van der Waals surface area contributed by atoms with Crippen LogP contribution in [0.4, 0.5) is 0 Å². The zero-order valence-corrected chi connectivity index (χ0v) is 10.4. The highest BCUT2D eigenvalue weighted by Gasteiger charge is 2.15. The minimum absolute atomic E-state index is 0.0727. The van der Waals surface area contributed by atoms with Crippen LogP contribution < -0.4 is 0 Å². The standard InChI is InChI=1S/C11H20OSi/c1-7-13(5,6)12-10-8-9-11(2,3)4/h7H,1,10H2,2-6H3. The molecule has 0 rings (SSSR count). The first kappa shape index (κ1) is 12.5. The van der Waals surface area contributed by atoms with E-state index in [1.807, 2.05) is 5.70 Å². The first-order valence-corrected chi connectivity index (χ1v) is 7.53. The summed E-state index contributed by atoms with van der Waals surface area (Å²) >= 11 is 0. The van der Waals surface area contributed by atoms with E-state index in [1.54, 1.807) is 0 Å². The maximum absolute atomic E-state index is 5.62. The van der Waals surface area contributed by atoms with Gasteiger partial charge in [-0.2, -0.15) is 0 Å². The average molecular weight is 196 g/mol. The van der Waals surface area contributed by atoms with Crippen molar-refractivity contribution in [2.45, 2.75) is 33.9 Å². The fraction of sp³-hybridized carbons (Fsp3) is 0.636. The number of rotatable bonds is 3. The van der Waals surface area contributed by atoms with Gasteiger partial charge in [-0.05, 0) is 33.9 Å². The fourth-order valence-electron chi connectivity index (χ4n) is 0.582. The minimum Gasteiger partial charge on any atom is -0.403 e. The Morgan fingerprint density at radius 2 is 1.92 bits per heavy atom. The zero-order valence-electron chi connectivity index (χ0n) is 9.40. The molecule has 0 bridgehead atoms. The molecule has 0 radical (unpaired) electrons. The first-order valence-electron chi connectivity index (χ1n) is 4.54. The molecular weight excluding hydrogens is 176 g/mol. The molecule has 0 atom stereocenters. The van der Waals surface area contributed by atoms with Gasteiger partial charge >= 0.3 is 0 Å². The molecular formula is C11H20OSi. The van der Waals surface area contributed by atoms with Crippen LogP contribution in [-0.2, 0) is 4.43 Å². The van der Waals surface area contributed by atoms with Gasteiger partial charge in [0.2, 0.25) is 8.32 Å². The Morgan fingerprint density at radius 3 is 2.31 bits per heavy atom. The topological polar surface area (TPSA) is 9.23 Å². The molecule has 0 heterocycles.